The predicted octanol–water partition coefficient (Wildman–Crippen LogP) is 4.06. The lowest BCUT2D eigenvalue weighted by molar-refractivity contribution is -0.139. The van der Waals surface area contributed by atoms with Crippen LogP contribution in [0, 0.1) is 17.0 Å². The first-order valence-corrected chi connectivity index (χ1v) is 7.17. The van der Waals surface area contributed by atoms with Crippen molar-refractivity contribution >= 4 is 5.91 Å². The molecule has 0 N–H and O–H groups in total. The number of amides is 1. The molecule has 1 aromatic rings. The van der Waals surface area contributed by atoms with E-state index < -0.39 is 23.2 Å². The zero-order valence-electron chi connectivity index (χ0n) is 13.5. The third kappa shape index (κ3) is 3.71. The molecule has 0 aromatic heterocycles. The van der Waals surface area contributed by atoms with Crippen LogP contribution in [0.2, 0.25) is 0 Å². The number of nitrogens with zero attached hydrogens (tertiary/aromatic N) is 1. The Hall–Kier alpha value is -1.75. The smallest absolute Gasteiger partial charge is 0.232 e. The molecule has 1 rings (SSSR count). The molecule has 0 radical (unpaired) electrons. The summed E-state index contributed by atoms with van der Waals surface area (Å²) in [5, 5.41) is 0. The van der Waals surface area contributed by atoms with Gasteiger partial charge in [-0.05, 0) is 25.1 Å². The first-order chi connectivity index (χ1) is 10.3. The van der Waals surface area contributed by atoms with Crippen molar-refractivity contribution < 1.29 is 18.3 Å². The standard InChI is InChI=1S/C17H23F2NO2/c1-6-17(3,16(21)20(4)7-2)11-14(22-5)12-9-8-10-13(18)15(12)19/h7-10,14H,2,6,11H2,1,3-5H3. The highest BCUT2D eigenvalue weighted by atomic mass is 19.2. The predicted molar refractivity (Wildman–Crippen MR) is 82.1 cm³/mol. The quantitative estimate of drug-likeness (QED) is 0.760. The van der Waals surface area contributed by atoms with E-state index in [1.165, 1.54) is 30.3 Å². The summed E-state index contributed by atoms with van der Waals surface area (Å²) >= 11 is 0. The lowest BCUT2D eigenvalue weighted by Gasteiger charge is -2.33. The SMILES string of the molecule is C=CN(C)C(=O)C(C)(CC)CC(OC)c1cccc(F)c1F. The maximum Gasteiger partial charge on any atom is 0.232 e. The fourth-order valence-corrected chi connectivity index (χ4v) is 2.39. The highest BCUT2D eigenvalue weighted by Gasteiger charge is 2.37. The maximum atomic E-state index is 14.0. The van der Waals surface area contributed by atoms with Gasteiger partial charge in [-0.25, -0.2) is 8.78 Å². The number of methoxy groups -OCH3 is 1. The van der Waals surface area contributed by atoms with Crippen LogP contribution in [0.1, 0.15) is 38.4 Å². The van der Waals surface area contributed by atoms with Gasteiger partial charge in [0.2, 0.25) is 5.91 Å². The number of carbonyl (C=O) groups is 1. The van der Waals surface area contributed by atoms with Gasteiger partial charge < -0.3 is 9.64 Å². The molecular weight excluding hydrogens is 288 g/mol. The lowest BCUT2D eigenvalue weighted by atomic mass is 9.79. The van der Waals surface area contributed by atoms with E-state index in [-0.39, 0.29) is 17.9 Å². The zero-order chi connectivity index (χ0) is 16.9. The van der Waals surface area contributed by atoms with Crippen molar-refractivity contribution in [3.63, 3.8) is 0 Å². The van der Waals surface area contributed by atoms with E-state index in [9.17, 15) is 13.6 Å². The molecule has 3 nitrogen and oxygen atoms in total. The average molecular weight is 311 g/mol. The third-order valence-electron chi connectivity index (χ3n) is 4.14. The van der Waals surface area contributed by atoms with Crippen molar-refractivity contribution in [2.24, 2.45) is 5.41 Å². The first kappa shape index (κ1) is 18.3. The summed E-state index contributed by atoms with van der Waals surface area (Å²) < 4.78 is 32.7. The summed E-state index contributed by atoms with van der Waals surface area (Å²) in [6.07, 6.45) is 1.52. The molecule has 0 fully saturated rings. The van der Waals surface area contributed by atoms with Gasteiger partial charge in [0.15, 0.2) is 11.6 Å². The van der Waals surface area contributed by atoms with Crippen molar-refractivity contribution in [3.8, 4) is 0 Å². The molecule has 0 spiro atoms. The molecule has 2 atom stereocenters. The van der Waals surface area contributed by atoms with E-state index in [1.807, 2.05) is 6.92 Å². The molecule has 0 aliphatic rings. The molecule has 5 heteroatoms. The summed E-state index contributed by atoms with van der Waals surface area (Å²) in [5.74, 6) is -1.99. The van der Waals surface area contributed by atoms with Crippen LogP contribution in [0.15, 0.2) is 31.0 Å². The molecule has 0 saturated heterocycles. The maximum absolute atomic E-state index is 14.0. The number of hydrogen-bond acceptors (Lipinski definition) is 2. The lowest BCUT2D eigenvalue weighted by Crippen LogP contribution is -2.38. The second kappa shape index (κ2) is 7.49. The minimum Gasteiger partial charge on any atom is -0.377 e. The number of carbonyl (C=O) groups excluding carboxylic acids is 1. The number of benzene rings is 1. The Bertz CT molecular complexity index is 547. The highest BCUT2D eigenvalue weighted by molar-refractivity contribution is 5.82. The van der Waals surface area contributed by atoms with Crippen molar-refractivity contribution in [2.75, 3.05) is 14.2 Å². The Labute approximate surface area is 130 Å². The fourth-order valence-electron chi connectivity index (χ4n) is 2.39. The van der Waals surface area contributed by atoms with E-state index in [0.717, 1.165) is 6.07 Å². The fraction of sp³-hybridized carbons (Fsp3) is 0.471. The molecule has 0 saturated carbocycles. The first-order valence-electron chi connectivity index (χ1n) is 7.17. The minimum atomic E-state index is -0.933. The van der Waals surface area contributed by atoms with Gasteiger partial charge in [0.05, 0.1) is 6.10 Å². The normalized spacial score (nSPS) is 15.0. The molecule has 1 amide bonds. The van der Waals surface area contributed by atoms with Crippen molar-refractivity contribution in [1.29, 1.82) is 0 Å². The molecule has 1 aromatic carbocycles. The van der Waals surface area contributed by atoms with Gasteiger partial charge in [0.25, 0.3) is 0 Å². The van der Waals surface area contributed by atoms with Crippen LogP contribution in [0.4, 0.5) is 8.78 Å². The summed E-state index contributed by atoms with van der Waals surface area (Å²) in [5.41, 5.74) is -0.640. The molecule has 0 aliphatic carbocycles. The van der Waals surface area contributed by atoms with Crippen molar-refractivity contribution in [2.45, 2.75) is 32.8 Å². The zero-order valence-corrected chi connectivity index (χ0v) is 13.5. The summed E-state index contributed by atoms with van der Waals surface area (Å²) in [6.45, 7) is 7.25. The van der Waals surface area contributed by atoms with Crippen LogP contribution in [0.25, 0.3) is 0 Å². The van der Waals surface area contributed by atoms with Gasteiger partial charge in [0.1, 0.15) is 0 Å². The molecule has 0 bridgehead atoms. The van der Waals surface area contributed by atoms with Crippen LogP contribution in [-0.2, 0) is 9.53 Å². The Balaban J connectivity index is 3.12. The van der Waals surface area contributed by atoms with Crippen molar-refractivity contribution in [1.82, 2.24) is 4.90 Å². The van der Waals surface area contributed by atoms with Crippen molar-refractivity contribution in [3.05, 3.63) is 48.2 Å². The van der Waals surface area contributed by atoms with Crippen LogP contribution >= 0.6 is 0 Å². The van der Waals surface area contributed by atoms with Gasteiger partial charge in [-0.15, -0.1) is 0 Å². The largest absolute Gasteiger partial charge is 0.377 e. The van der Waals surface area contributed by atoms with Gasteiger partial charge in [-0.3, -0.25) is 4.79 Å². The topological polar surface area (TPSA) is 29.5 Å². The summed E-state index contributed by atoms with van der Waals surface area (Å²) in [6, 6.07) is 3.96. The molecule has 0 heterocycles. The van der Waals surface area contributed by atoms with Crippen LogP contribution < -0.4 is 0 Å². The van der Waals surface area contributed by atoms with Gasteiger partial charge in [-0.2, -0.15) is 0 Å². The molecule has 22 heavy (non-hydrogen) atoms. The molecule has 122 valence electrons. The minimum absolute atomic E-state index is 0.122. The third-order valence-corrected chi connectivity index (χ3v) is 4.14. The Kier molecular flexibility index (Phi) is 6.23. The number of halogens is 2. The van der Waals surface area contributed by atoms with Crippen LogP contribution in [0.5, 0.6) is 0 Å². The van der Waals surface area contributed by atoms with E-state index in [4.69, 9.17) is 4.74 Å². The van der Waals surface area contributed by atoms with Gasteiger partial charge in [-0.1, -0.05) is 32.6 Å². The van der Waals surface area contributed by atoms with Crippen LogP contribution in [-0.4, -0.2) is 25.0 Å². The Morgan fingerprint density at radius 1 is 1.50 bits per heavy atom. The molecule has 0 aliphatic heterocycles. The Morgan fingerprint density at radius 2 is 2.14 bits per heavy atom. The Morgan fingerprint density at radius 3 is 2.64 bits per heavy atom. The molecule has 2 unspecified atom stereocenters. The average Bonchev–Trinajstić information content (AvgIpc) is 2.53. The van der Waals surface area contributed by atoms with E-state index >= 15 is 0 Å². The molecular formula is C17H23F2NO2. The van der Waals surface area contributed by atoms with Crippen LogP contribution in [0.3, 0.4) is 0 Å². The van der Waals surface area contributed by atoms with E-state index in [1.54, 1.807) is 14.0 Å². The highest BCUT2D eigenvalue weighted by Crippen LogP contribution is 2.37. The number of hydrogen-bond donors (Lipinski definition) is 0. The second-order valence-corrected chi connectivity index (χ2v) is 5.58. The number of ether oxygens (including phenoxy) is 1. The van der Waals surface area contributed by atoms with E-state index in [0.29, 0.717) is 6.42 Å². The second-order valence-electron chi connectivity index (χ2n) is 5.58. The monoisotopic (exact) mass is 311 g/mol. The van der Waals surface area contributed by atoms with Gasteiger partial charge in [0, 0.05) is 25.1 Å². The van der Waals surface area contributed by atoms with E-state index in [2.05, 4.69) is 6.58 Å². The summed E-state index contributed by atoms with van der Waals surface area (Å²) in [7, 11) is 3.04. The van der Waals surface area contributed by atoms with Gasteiger partial charge >= 0.3 is 0 Å². The summed E-state index contributed by atoms with van der Waals surface area (Å²) in [4.78, 5) is 13.9. The number of rotatable bonds is 7.